The van der Waals surface area contributed by atoms with Crippen molar-refractivity contribution in [3.05, 3.63) is 36.4 Å². The Morgan fingerprint density at radius 1 is 1.33 bits per heavy atom. The van der Waals surface area contributed by atoms with Crippen LogP contribution < -0.4 is 0 Å². The average Bonchev–Trinajstić information content (AvgIpc) is 2.66. The molecule has 0 aliphatic carbocycles. The van der Waals surface area contributed by atoms with Crippen molar-refractivity contribution < 1.29 is 0 Å². The zero-order valence-electron chi connectivity index (χ0n) is 7.62. The van der Waals surface area contributed by atoms with Gasteiger partial charge in [-0.05, 0) is 12.1 Å². The second kappa shape index (κ2) is 2.75. The highest BCUT2D eigenvalue weighted by Crippen LogP contribution is 2.15. The predicted octanol–water partition coefficient (Wildman–Crippen LogP) is 1.15. The van der Waals surface area contributed by atoms with Gasteiger partial charge in [0.15, 0.2) is 0 Å². The summed E-state index contributed by atoms with van der Waals surface area (Å²) < 4.78 is 1.72. The minimum atomic E-state index is 0.168. The molecule has 3 heterocycles. The Morgan fingerprint density at radius 3 is 3.13 bits per heavy atom. The summed E-state index contributed by atoms with van der Waals surface area (Å²) >= 11 is 0. The topological polar surface area (TPSA) is 66.9 Å². The first-order valence-corrected chi connectivity index (χ1v) is 4.39. The maximum absolute atomic E-state index is 8.70. The van der Waals surface area contributed by atoms with Gasteiger partial charge in [0, 0.05) is 6.20 Å². The van der Waals surface area contributed by atoms with Gasteiger partial charge in [0.25, 0.3) is 0 Å². The Kier molecular flexibility index (Phi) is 1.45. The zero-order chi connectivity index (χ0) is 10.3. The summed E-state index contributed by atoms with van der Waals surface area (Å²) in [6, 6.07) is 7.61. The SMILES string of the molecule is N#Cc1ncc2nn3ccccc3c2n1. The third kappa shape index (κ3) is 1.05. The van der Waals surface area contributed by atoms with Crippen LogP contribution in [-0.4, -0.2) is 19.6 Å². The molecule has 0 aliphatic heterocycles. The predicted molar refractivity (Wildman–Crippen MR) is 53.0 cm³/mol. The van der Waals surface area contributed by atoms with E-state index in [1.54, 1.807) is 10.7 Å². The average molecular weight is 195 g/mol. The summed E-state index contributed by atoms with van der Waals surface area (Å²) in [6.45, 7) is 0. The van der Waals surface area contributed by atoms with E-state index < -0.39 is 0 Å². The molecule has 5 nitrogen and oxygen atoms in total. The first-order valence-electron chi connectivity index (χ1n) is 4.39. The van der Waals surface area contributed by atoms with E-state index in [9.17, 15) is 0 Å². The normalized spacial score (nSPS) is 10.6. The third-order valence-electron chi connectivity index (χ3n) is 2.17. The molecule has 0 saturated heterocycles. The molecule has 0 fully saturated rings. The lowest BCUT2D eigenvalue weighted by molar-refractivity contribution is 0.979. The molecule has 0 bridgehead atoms. The molecular weight excluding hydrogens is 190 g/mol. The Morgan fingerprint density at radius 2 is 2.27 bits per heavy atom. The first kappa shape index (κ1) is 7.88. The summed E-state index contributed by atoms with van der Waals surface area (Å²) in [5, 5.41) is 13.0. The number of hydrogen-bond donors (Lipinski definition) is 0. The van der Waals surface area contributed by atoms with E-state index in [-0.39, 0.29) is 5.82 Å². The smallest absolute Gasteiger partial charge is 0.232 e. The number of hydrogen-bond acceptors (Lipinski definition) is 4. The third-order valence-corrected chi connectivity index (χ3v) is 2.17. The molecular formula is C10H5N5. The fraction of sp³-hybridized carbons (Fsp3) is 0. The van der Waals surface area contributed by atoms with Crippen LogP contribution in [0.4, 0.5) is 0 Å². The summed E-state index contributed by atoms with van der Waals surface area (Å²) in [4.78, 5) is 8.00. The molecule has 15 heavy (non-hydrogen) atoms. The van der Waals surface area contributed by atoms with Crippen LogP contribution in [0.2, 0.25) is 0 Å². The number of pyridine rings is 1. The van der Waals surface area contributed by atoms with E-state index in [0.717, 1.165) is 5.52 Å². The lowest BCUT2D eigenvalue weighted by atomic mass is 10.3. The molecule has 0 spiro atoms. The van der Waals surface area contributed by atoms with Crippen molar-refractivity contribution in [2.75, 3.05) is 0 Å². The molecule has 3 aromatic rings. The Bertz CT molecular complexity index is 692. The quantitative estimate of drug-likeness (QED) is 0.539. The molecule has 0 saturated carbocycles. The Labute approximate surface area is 84.6 Å². The van der Waals surface area contributed by atoms with Crippen molar-refractivity contribution in [3.8, 4) is 6.07 Å². The lowest BCUT2D eigenvalue weighted by Gasteiger charge is -1.89. The number of aromatic nitrogens is 4. The van der Waals surface area contributed by atoms with E-state index >= 15 is 0 Å². The zero-order valence-corrected chi connectivity index (χ0v) is 7.62. The molecule has 3 aromatic heterocycles. The van der Waals surface area contributed by atoms with Crippen LogP contribution in [-0.2, 0) is 0 Å². The molecule has 0 N–H and O–H groups in total. The molecule has 3 rings (SSSR count). The van der Waals surface area contributed by atoms with E-state index in [1.165, 1.54) is 0 Å². The largest absolute Gasteiger partial charge is 0.238 e. The van der Waals surface area contributed by atoms with Gasteiger partial charge in [-0.25, -0.2) is 14.5 Å². The highest BCUT2D eigenvalue weighted by atomic mass is 15.2. The molecule has 0 aliphatic rings. The van der Waals surface area contributed by atoms with Crippen molar-refractivity contribution in [1.82, 2.24) is 19.6 Å². The maximum atomic E-state index is 8.70. The van der Waals surface area contributed by atoms with Gasteiger partial charge in [0.2, 0.25) is 5.82 Å². The van der Waals surface area contributed by atoms with Crippen LogP contribution in [0, 0.1) is 11.3 Å². The Balaban J connectivity index is 2.53. The fourth-order valence-electron chi connectivity index (χ4n) is 1.52. The van der Waals surface area contributed by atoms with Crippen molar-refractivity contribution in [2.45, 2.75) is 0 Å². The Hall–Kier alpha value is -2.48. The summed E-state index contributed by atoms with van der Waals surface area (Å²) in [6.07, 6.45) is 3.40. The van der Waals surface area contributed by atoms with Crippen LogP contribution in [0.3, 0.4) is 0 Å². The van der Waals surface area contributed by atoms with E-state index in [1.807, 2.05) is 30.5 Å². The van der Waals surface area contributed by atoms with Gasteiger partial charge in [0.1, 0.15) is 17.1 Å². The van der Waals surface area contributed by atoms with Crippen molar-refractivity contribution in [3.63, 3.8) is 0 Å². The molecule has 0 radical (unpaired) electrons. The van der Waals surface area contributed by atoms with Gasteiger partial charge >= 0.3 is 0 Å². The molecule has 5 heteroatoms. The molecule has 0 unspecified atom stereocenters. The van der Waals surface area contributed by atoms with Crippen LogP contribution in [0.25, 0.3) is 16.6 Å². The van der Waals surface area contributed by atoms with Crippen molar-refractivity contribution in [1.29, 1.82) is 5.26 Å². The maximum Gasteiger partial charge on any atom is 0.232 e. The van der Waals surface area contributed by atoms with Crippen LogP contribution >= 0.6 is 0 Å². The fourth-order valence-corrected chi connectivity index (χ4v) is 1.52. The van der Waals surface area contributed by atoms with Crippen LogP contribution in [0.15, 0.2) is 30.6 Å². The van der Waals surface area contributed by atoms with Crippen molar-refractivity contribution >= 4 is 16.6 Å². The standard InChI is InChI=1S/C10H5N5/c11-5-9-12-6-7-10(13-9)8-3-1-2-4-15(8)14-7/h1-4,6H. The van der Waals surface area contributed by atoms with Crippen LogP contribution in [0.1, 0.15) is 5.82 Å². The number of rotatable bonds is 0. The van der Waals surface area contributed by atoms with Crippen LogP contribution in [0.5, 0.6) is 0 Å². The molecule has 0 atom stereocenters. The van der Waals surface area contributed by atoms with Crippen molar-refractivity contribution in [2.24, 2.45) is 0 Å². The summed E-state index contributed by atoms with van der Waals surface area (Å²) in [7, 11) is 0. The highest BCUT2D eigenvalue weighted by molar-refractivity contribution is 5.89. The van der Waals surface area contributed by atoms with Gasteiger partial charge < -0.3 is 0 Å². The van der Waals surface area contributed by atoms with Gasteiger partial charge in [-0.1, -0.05) is 6.07 Å². The second-order valence-corrected chi connectivity index (χ2v) is 3.07. The highest BCUT2D eigenvalue weighted by Gasteiger charge is 2.06. The lowest BCUT2D eigenvalue weighted by Crippen LogP contribution is -1.86. The van der Waals surface area contributed by atoms with Gasteiger partial charge in [-0.2, -0.15) is 10.4 Å². The van der Waals surface area contributed by atoms with Gasteiger partial charge in [0.05, 0.1) is 11.7 Å². The molecule has 70 valence electrons. The second-order valence-electron chi connectivity index (χ2n) is 3.07. The number of nitrogens with zero attached hydrogens (tertiary/aromatic N) is 5. The summed E-state index contributed by atoms with van der Waals surface area (Å²) in [5.41, 5.74) is 2.29. The number of nitriles is 1. The van der Waals surface area contributed by atoms with E-state index in [0.29, 0.717) is 11.0 Å². The minimum Gasteiger partial charge on any atom is -0.238 e. The molecule has 0 aromatic carbocycles. The van der Waals surface area contributed by atoms with Gasteiger partial charge in [-0.15, -0.1) is 0 Å². The first-order chi connectivity index (χ1) is 7.38. The van der Waals surface area contributed by atoms with E-state index in [4.69, 9.17) is 5.26 Å². The number of fused-ring (bicyclic) bond motifs is 3. The summed E-state index contributed by atoms with van der Waals surface area (Å²) in [5.74, 6) is 0.168. The van der Waals surface area contributed by atoms with Gasteiger partial charge in [-0.3, -0.25) is 0 Å². The monoisotopic (exact) mass is 195 g/mol. The minimum absolute atomic E-state index is 0.168. The van der Waals surface area contributed by atoms with E-state index in [2.05, 4.69) is 15.1 Å². The molecule has 0 amide bonds.